The lowest BCUT2D eigenvalue weighted by Gasteiger charge is -2.20. The summed E-state index contributed by atoms with van der Waals surface area (Å²) in [6.45, 7) is 1.11. The van der Waals surface area contributed by atoms with Crippen LogP contribution in [-0.2, 0) is 6.42 Å². The van der Waals surface area contributed by atoms with E-state index in [9.17, 15) is 4.79 Å². The zero-order chi connectivity index (χ0) is 14.4. The van der Waals surface area contributed by atoms with Gasteiger partial charge < -0.3 is 9.47 Å². The molecule has 0 radical (unpaired) electrons. The topological polar surface area (TPSA) is 48.4 Å². The fourth-order valence-corrected chi connectivity index (χ4v) is 4.25. The van der Waals surface area contributed by atoms with E-state index in [1.807, 2.05) is 12.1 Å². The Labute approximate surface area is 134 Å². The van der Waals surface area contributed by atoms with Crippen molar-refractivity contribution in [1.82, 2.24) is 4.98 Å². The number of carbonyl (C=O) groups excluding carboxylic acids is 1. The number of benzene rings is 1. The van der Waals surface area contributed by atoms with Gasteiger partial charge in [-0.15, -0.1) is 11.3 Å². The predicted molar refractivity (Wildman–Crippen MR) is 83.5 cm³/mol. The molecule has 0 fully saturated rings. The van der Waals surface area contributed by atoms with Crippen LogP contribution in [0.25, 0.3) is 10.6 Å². The number of aryl methyl sites for hydroxylation is 1. The van der Waals surface area contributed by atoms with Gasteiger partial charge in [0.25, 0.3) is 0 Å². The Morgan fingerprint density at radius 1 is 1.19 bits per heavy atom. The molecule has 4 nitrogen and oxygen atoms in total. The SMILES string of the molecule is O=C1CCCc2nc(-c3cc(Br)c4c(c3)OCCO4)sc21. The molecule has 0 N–H and O–H groups in total. The van der Waals surface area contributed by atoms with Crippen molar-refractivity contribution in [1.29, 1.82) is 0 Å². The molecular weight excluding hydrogens is 354 g/mol. The minimum Gasteiger partial charge on any atom is -0.486 e. The molecule has 0 saturated heterocycles. The van der Waals surface area contributed by atoms with E-state index in [2.05, 4.69) is 20.9 Å². The normalized spacial score (nSPS) is 16.7. The van der Waals surface area contributed by atoms with Gasteiger partial charge >= 0.3 is 0 Å². The Morgan fingerprint density at radius 2 is 2.05 bits per heavy atom. The molecule has 21 heavy (non-hydrogen) atoms. The highest BCUT2D eigenvalue weighted by molar-refractivity contribution is 9.10. The van der Waals surface area contributed by atoms with E-state index in [-0.39, 0.29) is 5.78 Å². The second-order valence-electron chi connectivity index (χ2n) is 5.05. The minimum absolute atomic E-state index is 0.219. The van der Waals surface area contributed by atoms with Crippen molar-refractivity contribution in [3.63, 3.8) is 0 Å². The number of fused-ring (bicyclic) bond motifs is 2. The van der Waals surface area contributed by atoms with E-state index in [1.165, 1.54) is 11.3 Å². The second-order valence-corrected chi connectivity index (χ2v) is 6.91. The van der Waals surface area contributed by atoms with Gasteiger partial charge in [-0.2, -0.15) is 0 Å². The van der Waals surface area contributed by atoms with Crippen LogP contribution >= 0.6 is 27.3 Å². The summed E-state index contributed by atoms with van der Waals surface area (Å²) in [5.74, 6) is 1.68. The van der Waals surface area contributed by atoms with Gasteiger partial charge in [0.15, 0.2) is 17.3 Å². The standard InChI is InChI=1S/C15H12BrNO3S/c16-9-6-8(7-12-13(9)20-5-4-19-12)15-17-10-2-1-3-11(18)14(10)21-15/h6-7H,1-5H2. The highest BCUT2D eigenvalue weighted by Crippen LogP contribution is 2.42. The first kappa shape index (κ1) is 13.3. The smallest absolute Gasteiger partial charge is 0.175 e. The highest BCUT2D eigenvalue weighted by Gasteiger charge is 2.24. The van der Waals surface area contributed by atoms with Crippen molar-refractivity contribution >= 4 is 33.0 Å². The summed E-state index contributed by atoms with van der Waals surface area (Å²) in [5, 5.41) is 0.868. The van der Waals surface area contributed by atoms with Gasteiger partial charge in [-0.25, -0.2) is 4.98 Å². The summed E-state index contributed by atoms with van der Waals surface area (Å²) in [6.07, 6.45) is 2.43. The summed E-state index contributed by atoms with van der Waals surface area (Å²) < 4.78 is 12.1. The summed E-state index contributed by atoms with van der Waals surface area (Å²) in [4.78, 5) is 17.4. The van der Waals surface area contributed by atoms with Crippen molar-refractivity contribution in [3.05, 3.63) is 27.2 Å². The average Bonchev–Trinajstić information content (AvgIpc) is 2.93. The van der Waals surface area contributed by atoms with Crippen molar-refractivity contribution in [3.8, 4) is 22.1 Å². The predicted octanol–water partition coefficient (Wildman–Crippen LogP) is 3.86. The number of carbonyl (C=O) groups is 1. The highest BCUT2D eigenvalue weighted by atomic mass is 79.9. The zero-order valence-corrected chi connectivity index (χ0v) is 13.6. The van der Waals surface area contributed by atoms with Gasteiger partial charge in [-0.05, 0) is 40.9 Å². The number of nitrogens with zero attached hydrogens (tertiary/aromatic N) is 1. The fraction of sp³-hybridized carbons (Fsp3) is 0.333. The number of ketones is 1. The Balaban J connectivity index is 1.80. The largest absolute Gasteiger partial charge is 0.486 e. The van der Waals surface area contributed by atoms with Crippen LogP contribution in [0.1, 0.15) is 28.2 Å². The Bertz CT molecular complexity index is 741. The molecule has 0 bridgehead atoms. The summed E-state index contributed by atoms with van der Waals surface area (Å²) in [5.41, 5.74) is 1.90. The fourth-order valence-electron chi connectivity index (χ4n) is 2.63. The summed E-state index contributed by atoms with van der Waals surface area (Å²) in [7, 11) is 0. The summed E-state index contributed by atoms with van der Waals surface area (Å²) in [6, 6.07) is 3.91. The van der Waals surface area contributed by atoms with Gasteiger partial charge in [0.2, 0.25) is 0 Å². The quantitative estimate of drug-likeness (QED) is 0.769. The number of rotatable bonds is 1. The molecule has 0 amide bonds. The average molecular weight is 366 g/mol. The lowest BCUT2D eigenvalue weighted by atomic mass is 10.0. The molecule has 2 aliphatic rings. The monoisotopic (exact) mass is 365 g/mol. The van der Waals surface area contributed by atoms with Crippen LogP contribution in [0.5, 0.6) is 11.5 Å². The van der Waals surface area contributed by atoms with Gasteiger partial charge in [0.1, 0.15) is 18.2 Å². The van der Waals surface area contributed by atoms with Crippen LogP contribution in [0.3, 0.4) is 0 Å². The molecule has 4 rings (SSSR count). The third-order valence-electron chi connectivity index (χ3n) is 3.61. The van der Waals surface area contributed by atoms with Gasteiger partial charge in [0, 0.05) is 12.0 Å². The maximum atomic E-state index is 11.9. The number of thiazole rings is 1. The first-order valence-corrected chi connectivity index (χ1v) is 8.46. The minimum atomic E-state index is 0.219. The molecule has 1 aromatic heterocycles. The van der Waals surface area contributed by atoms with E-state index in [4.69, 9.17) is 9.47 Å². The molecule has 1 aliphatic heterocycles. The number of halogens is 1. The van der Waals surface area contributed by atoms with Gasteiger partial charge in [-0.1, -0.05) is 0 Å². The van der Waals surface area contributed by atoms with Crippen LogP contribution in [0.15, 0.2) is 16.6 Å². The molecule has 2 heterocycles. The molecule has 0 unspecified atom stereocenters. The molecule has 1 aromatic carbocycles. The van der Waals surface area contributed by atoms with Crippen molar-refractivity contribution in [2.45, 2.75) is 19.3 Å². The first-order chi connectivity index (χ1) is 10.2. The van der Waals surface area contributed by atoms with E-state index < -0.39 is 0 Å². The number of Topliss-reactive ketones (excluding diaryl/α,β-unsaturated/α-hetero) is 1. The van der Waals surface area contributed by atoms with Crippen molar-refractivity contribution in [2.75, 3.05) is 13.2 Å². The van der Waals surface area contributed by atoms with Crippen LogP contribution < -0.4 is 9.47 Å². The molecule has 0 saturated carbocycles. The number of hydrogen-bond acceptors (Lipinski definition) is 5. The van der Waals surface area contributed by atoms with Crippen LogP contribution in [-0.4, -0.2) is 24.0 Å². The maximum absolute atomic E-state index is 11.9. The molecule has 0 atom stereocenters. The molecule has 2 aromatic rings. The third-order valence-corrected chi connectivity index (χ3v) is 5.39. The third kappa shape index (κ3) is 2.26. The number of aromatic nitrogens is 1. The molecule has 108 valence electrons. The summed E-state index contributed by atoms with van der Waals surface area (Å²) >= 11 is 5.00. The van der Waals surface area contributed by atoms with Crippen molar-refractivity contribution < 1.29 is 14.3 Å². The van der Waals surface area contributed by atoms with Gasteiger partial charge in [-0.3, -0.25) is 4.79 Å². The Hall–Kier alpha value is -1.40. The van der Waals surface area contributed by atoms with E-state index in [0.717, 1.165) is 50.0 Å². The first-order valence-electron chi connectivity index (χ1n) is 6.85. The number of hydrogen-bond donors (Lipinski definition) is 0. The Kier molecular flexibility index (Phi) is 3.23. The van der Waals surface area contributed by atoms with Crippen LogP contribution in [0, 0.1) is 0 Å². The van der Waals surface area contributed by atoms with E-state index in [1.54, 1.807) is 0 Å². The Morgan fingerprint density at radius 3 is 2.90 bits per heavy atom. The van der Waals surface area contributed by atoms with E-state index in [0.29, 0.717) is 19.6 Å². The number of ether oxygens (including phenoxy) is 2. The molecule has 0 spiro atoms. The molecular formula is C15H12BrNO3S. The van der Waals surface area contributed by atoms with Crippen LogP contribution in [0.4, 0.5) is 0 Å². The lowest BCUT2D eigenvalue weighted by Crippen LogP contribution is -2.15. The maximum Gasteiger partial charge on any atom is 0.175 e. The van der Waals surface area contributed by atoms with Crippen molar-refractivity contribution in [2.24, 2.45) is 0 Å². The second kappa shape index (κ2) is 5.10. The lowest BCUT2D eigenvalue weighted by molar-refractivity contribution is 0.0976. The molecule has 6 heteroatoms. The molecule has 1 aliphatic carbocycles. The van der Waals surface area contributed by atoms with E-state index >= 15 is 0 Å². The zero-order valence-electron chi connectivity index (χ0n) is 11.1. The van der Waals surface area contributed by atoms with Gasteiger partial charge in [0.05, 0.1) is 15.0 Å². The van der Waals surface area contributed by atoms with Crippen LogP contribution in [0.2, 0.25) is 0 Å².